The van der Waals surface area contributed by atoms with Crippen LogP contribution in [-0.2, 0) is 0 Å². The molecule has 0 spiro atoms. The van der Waals surface area contributed by atoms with E-state index >= 15 is 0 Å². The first-order valence-corrected chi connectivity index (χ1v) is 8.36. The van der Waals surface area contributed by atoms with Crippen LogP contribution < -0.4 is 5.32 Å². The number of nitrogens with zero attached hydrogens (tertiary/aromatic N) is 1. The van der Waals surface area contributed by atoms with Crippen LogP contribution in [-0.4, -0.2) is 47.6 Å². The van der Waals surface area contributed by atoms with E-state index in [-0.39, 0.29) is 0 Å². The lowest BCUT2D eigenvalue weighted by molar-refractivity contribution is 0.153. The van der Waals surface area contributed by atoms with E-state index in [1.54, 1.807) is 0 Å². The Hall–Kier alpha value is 0.270. The number of fused-ring (bicyclic) bond motifs is 2. The Bertz CT molecular complexity index is 279. The highest BCUT2D eigenvalue weighted by Gasteiger charge is 2.36. The number of hydrogen-bond donors (Lipinski definition) is 1. The molecule has 0 aromatic rings. The molecule has 0 aromatic heterocycles. The molecule has 3 aliphatic heterocycles. The quantitative estimate of drug-likeness (QED) is 0.773. The Morgan fingerprint density at radius 2 is 2.00 bits per heavy atom. The van der Waals surface area contributed by atoms with Crippen molar-refractivity contribution in [2.24, 2.45) is 5.41 Å². The van der Waals surface area contributed by atoms with Gasteiger partial charge in [0.15, 0.2) is 0 Å². The summed E-state index contributed by atoms with van der Waals surface area (Å²) in [7, 11) is 0. The molecular formula is C14H26N2S. The number of likely N-dealkylation sites (tertiary alicyclic amines) is 1. The van der Waals surface area contributed by atoms with Crippen molar-refractivity contribution in [2.75, 3.05) is 24.6 Å². The highest BCUT2D eigenvalue weighted by atomic mass is 32.2. The molecule has 0 aromatic carbocycles. The molecule has 3 aliphatic rings. The molecule has 3 saturated heterocycles. The molecule has 3 fully saturated rings. The Labute approximate surface area is 110 Å². The summed E-state index contributed by atoms with van der Waals surface area (Å²) in [5.74, 6) is 2.71. The van der Waals surface area contributed by atoms with Crippen molar-refractivity contribution in [3.05, 3.63) is 0 Å². The summed E-state index contributed by atoms with van der Waals surface area (Å²) in [6.07, 6.45) is 5.60. The van der Waals surface area contributed by atoms with Crippen molar-refractivity contribution in [1.29, 1.82) is 0 Å². The fraction of sp³-hybridized carbons (Fsp3) is 1.00. The Balaban J connectivity index is 1.63. The van der Waals surface area contributed by atoms with Gasteiger partial charge < -0.3 is 5.32 Å². The Kier molecular flexibility index (Phi) is 3.44. The van der Waals surface area contributed by atoms with Crippen LogP contribution in [0.25, 0.3) is 0 Å². The van der Waals surface area contributed by atoms with Crippen molar-refractivity contribution in [3.8, 4) is 0 Å². The molecule has 3 unspecified atom stereocenters. The van der Waals surface area contributed by atoms with E-state index < -0.39 is 0 Å². The van der Waals surface area contributed by atoms with Gasteiger partial charge in [0.25, 0.3) is 0 Å². The highest BCUT2D eigenvalue weighted by Crippen LogP contribution is 2.36. The van der Waals surface area contributed by atoms with Crippen LogP contribution in [0.2, 0.25) is 0 Å². The maximum absolute atomic E-state index is 3.79. The van der Waals surface area contributed by atoms with Crippen LogP contribution in [0.4, 0.5) is 0 Å². The minimum absolute atomic E-state index is 0.548. The molecule has 3 atom stereocenters. The molecular weight excluding hydrogens is 228 g/mol. The number of rotatable bonds is 1. The summed E-state index contributed by atoms with van der Waals surface area (Å²) in [6, 6.07) is 2.46. The van der Waals surface area contributed by atoms with Gasteiger partial charge in [0.1, 0.15) is 0 Å². The molecule has 2 nitrogen and oxygen atoms in total. The molecule has 3 rings (SSSR count). The second-order valence-corrected chi connectivity index (χ2v) is 7.99. The standard InChI is InChI=1S/C14H26N2S/c1-14(2)7-13(9-17-10-14)16-6-5-11-3-4-12(8-16)15-11/h11-13,15H,3-10H2,1-2H3. The number of nitrogens with one attached hydrogen (secondary N) is 1. The van der Waals surface area contributed by atoms with E-state index in [4.69, 9.17) is 0 Å². The van der Waals surface area contributed by atoms with E-state index in [1.165, 1.54) is 50.3 Å². The third kappa shape index (κ3) is 2.82. The topological polar surface area (TPSA) is 15.3 Å². The van der Waals surface area contributed by atoms with Crippen molar-refractivity contribution in [3.63, 3.8) is 0 Å². The van der Waals surface area contributed by atoms with E-state index in [2.05, 4.69) is 35.8 Å². The van der Waals surface area contributed by atoms with E-state index in [0.717, 1.165) is 18.1 Å². The summed E-state index contributed by atoms with van der Waals surface area (Å²) in [5, 5.41) is 3.79. The van der Waals surface area contributed by atoms with Crippen LogP contribution in [0.1, 0.15) is 39.5 Å². The van der Waals surface area contributed by atoms with Gasteiger partial charge in [0.2, 0.25) is 0 Å². The molecule has 0 saturated carbocycles. The van der Waals surface area contributed by atoms with Crippen LogP contribution in [0.5, 0.6) is 0 Å². The summed E-state index contributed by atoms with van der Waals surface area (Å²) in [4.78, 5) is 2.80. The molecule has 98 valence electrons. The fourth-order valence-corrected chi connectivity index (χ4v) is 5.15. The van der Waals surface area contributed by atoms with Gasteiger partial charge in [-0.25, -0.2) is 0 Å². The molecule has 0 aliphatic carbocycles. The lowest BCUT2D eigenvalue weighted by atomic mass is 9.87. The largest absolute Gasteiger partial charge is 0.310 e. The lowest BCUT2D eigenvalue weighted by Gasteiger charge is -2.41. The third-order valence-electron chi connectivity index (χ3n) is 4.66. The van der Waals surface area contributed by atoms with E-state index in [1.807, 2.05) is 0 Å². The molecule has 1 N–H and O–H groups in total. The minimum Gasteiger partial charge on any atom is -0.310 e. The maximum atomic E-state index is 3.79. The Morgan fingerprint density at radius 3 is 2.82 bits per heavy atom. The summed E-state index contributed by atoms with van der Waals surface area (Å²) >= 11 is 2.17. The average molecular weight is 254 g/mol. The summed E-state index contributed by atoms with van der Waals surface area (Å²) in [6.45, 7) is 7.51. The van der Waals surface area contributed by atoms with Gasteiger partial charge in [-0.1, -0.05) is 13.8 Å². The number of thioether (sulfide) groups is 1. The first-order valence-electron chi connectivity index (χ1n) is 7.20. The fourth-order valence-electron chi connectivity index (χ4n) is 3.76. The van der Waals surface area contributed by atoms with Crippen LogP contribution >= 0.6 is 11.8 Å². The second-order valence-electron chi connectivity index (χ2n) is 6.96. The third-order valence-corrected chi connectivity index (χ3v) is 6.27. The van der Waals surface area contributed by atoms with Crippen molar-refractivity contribution < 1.29 is 0 Å². The minimum atomic E-state index is 0.548. The van der Waals surface area contributed by atoms with Crippen LogP contribution in [0, 0.1) is 5.41 Å². The highest BCUT2D eigenvalue weighted by molar-refractivity contribution is 7.99. The molecule has 0 radical (unpaired) electrons. The predicted molar refractivity (Wildman–Crippen MR) is 75.6 cm³/mol. The zero-order chi connectivity index (χ0) is 11.9. The van der Waals surface area contributed by atoms with Gasteiger partial charge in [-0.05, 0) is 36.9 Å². The SMILES string of the molecule is CC1(C)CSCC(N2CCC3CCC(C2)N3)C1. The van der Waals surface area contributed by atoms with Crippen LogP contribution in [0.15, 0.2) is 0 Å². The van der Waals surface area contributed by atoms with Gasteiger partial charge in [-0.2, -0.15) is 11.8 Å². The zero-order valence-electron chi connectivity index (χ0n) is 11.2. The van der Waals surface area contributed by atoms with Gasteiger partial charge in [0, 0.05) is 37.0 Å². The molecule has 3 heteroatoms. The predicted octanol–water partition coefficient (Wildman–Crippen LogP) is 2.34. The molecule has 2 bridgehead atoms. The van der Waals surface area contributed by atoms with Crippen molar-refractivity contribution >= 4 is 11.8 Å². The average Bonchev–Trinajstić information content (AvgIpc) is 2.56. The maximum Gasteiger partial charge on any atom is 0.0198 e. The van der Waals surface area contributed by atoms with Gasteiger partial charge in [-0.15, -0.1) is 0 Å². The van der Waals surface area contributed by atoms with E-state index in [9.17, 15) is 0 Å². The molecule has 0 amide bonds. The smallest absolute Gasteiger partial charge is 0.0198 e. The molecule has 17 heavy (non-hydrogen) atoms. The van der Waals surface area contributed by atoms with Gasteiger partial charge in [-0.3, -0.25) is 4.90 Å². The molecule has 3 heterocycles. The lowest BCUT2D eigenvalue weighted by Crippen LogP contribution is -2.47. The first-order chi connectivity index (χ1) is 8.12. The van der Waals surface area contributed by atoms with E-state index in [0.29, 0.717) is 5.41 Å². The zero-order valence-corrected chi connectivity index (χ0v) is 12.1. The number of hydrogen-bond acceptors (Lipinski definition) is 3. The Morgan fingerprint density at radius 1 is 1.18 bits per heavy atom. The normalized spacial score (nSPS) is 42.4. The summed E-state index contributed by atoms with van der Waals surface area (Å²) < 4.78 is 0. The van der Waals surface area contributed by atoms with Gasteiger partial charge >= 0.3 is 0 Å². The summed E-state index contributed by atoms with van der Waals surface area (Å²) in [5.41, 5.74) is 0.548. The monoisotopic (exact) mass is 254 g/mol. The van der Waals surface area contributed by atoms with Crippen molar-refractivity contribution in [1.82, 2.24) is 10.2 Å². The van der Waals surface area contributed by atoms with Crippen LogP contribution in [0.3, 0.4) is 0 Å². The first kappa shape index (κ1) is 12.3. The second kappa shape index (κ2) is 4.75. The van der Waals surface area contributed by atoms with Crippen molar-refractivity contribution in [2.45, 2.75) is 57.7 Å². The van der Waals surface area contributed by atoms with Gasteiger partial charge in [0.05, 0.1) is 0 Å².